The second-order valence-corrected chi connectivity index (χ2v) is 4.19. The molecule has 1 rings (SSSR count). The van der Waals surface area contributed by atoms with Crippen LogP contribution in [0.5, 0.6) is 0 Å². The first-order valence-corrected chi connectivity index (χ1v) is 6.67. The molecule has 0 bridgehead atoms. The Kier molecular flexibility index (Phi) is 7.46. The van der Waals surface area contributed by atoms with Gasteiger partial charge in [-0.3, -0.25) is 4.79 Å². The Balaban J connectivity index is 2.42. The number of ether oxygens (including phenoxy) is 2. The number of methoxy groups -OCH3 is 1. The Hall–Kier alpha value is -1.79. The van der Waals surface area contributed by atoms with E-state index in [-0.39, 0.29) is 5.91 Å². The van der Waals surface area contributed by atoms with Crippen molar-refractivity contribution in [2.24, 2.45) is 0 Å². The molecule has 1 aromatic carbocycles. The Labute approximate surface area is 119 Å². The lowest BCUT2D eigenvalue weighted by atomic mass is 10.1. The van der Waals surface area contributed by atoms with E-state index in [1.54, 1.807) is 25.3 Å². The maximum Gasteiger partial charge on any atom is 0.251 e. The first-order valence-electron chi connectivity index (χ1n) is 6.67. The number of nitrogens with one attached hydrogen (secondary N) is 2. The second kappa shape index (κ2) is 9.17. The molecular formula is C14H23N3O3. The predicted octanol–water partition coefficient (Wildman–Crippen LogP) is 1.09. The van der Waals surface area contributed by atoms with Crippen LogP contribution in [-0.4, -0.2) is 45.9 Å². The van der Waals surface area contributed by atoms with Crippen molar-refractivity contribution in [1.82, 2.24) is 5.32 Å². The number of anilines is 2. The summed E-state index contributed by atoms with van der Waals surface area (Å²) < 4.78 is 10.2. The predicted molar refractivity (Wildman–Crippen MR) is 80.0 cm³/mol. The van der Waals surface area contributed by atoms with Crippen molar-refractivity contribution < 1.29 is 14.3 Å². The number of carbonyl (C=O) groups is 1. The number of benzene rings is 1. The molecule has 0 saturated heterocycles. The minimum Gasteiger partial charge on any atom is -0.397 e. The van der Waals surface area contributed by atoms with Crippen LogP contribution in [0.3, 0.4) is 0 Å². The second-order valence-electron chi connectivity index (χ2n) is 4.19. The van der Waals surface area contributed by atoms with E-state index in [0.717, 1.165) is 5.69 Å². The van der Waals surface area contributed by atoms with Crippen LogP contribution in [0.1, 0.15) is 17.3 Å². The zero-order valence-corrected chi connectivity index (χ0v) is 12.1. The van der Waals surface area contributed by atoms with Crippen LogP contribution in [-0.2, 0) is 9.47 Å². The molecule has 4 N–H and O–H groups in total. The number of rotatable bonds is 9. The van der Waals surface area contributed by atoms with Crippen molar-refractivity contribution in [3.63, 3.8) is 0 Å². The third kappa shape index (κ3) is 5.46. The third-order valence-electron chi connectivity index (χ3n) is 2.64. The van der Waals surface area contributed by atoms with Crippen LogP contribution in [0, 0.1) is 0 Å². The van der Waals surface area contributed by atoms with Gasteiger partial charge in [0, 0.05) is 25.8 Å². The fourth-order valence-corrected chi connectivity index (χ4v) is 1.63. The zero-order valence-electron chi connectivity index (χ0n) is 12.1. The minimum atomic E-state index is -0.117. The lowest BCUT2D eigenvalue weighted by Gasteiger charge is -2.11. The van der Waals surface area contributed by atoms with E-state index in [4.69, 9.17) is 15.2 Å². The van der Waals surface area contributed by atoms with Crippen LogP contribution in [0.15, 0.2) is 18.2 Å². The summed E-state index contributed by atoms with van der Waals surface area (Å²) >= 11 is 0. The number of amides is 1. The summed E-state index contributed by atoms with van der Waals surface area (Å²) in [5.41, 5.74) is 7.82. The van der Waals surface area contributed by atoms with E-state index in [2.05, 4.69) is 10.6 Å². The highest BCUT2D eigenvalue weighted by atomic mass is 16.5. The van der Waals surface area contributed by atoms with Crippen LogP contribution in [0.25, 0.3) is 0 Å². The molecule has 0 aliphatic carbocycles. The average Bonchev–Trinajstić information content (AvgIpc) is 2.44. The van der Waals surface area contributed by atoms with Gasteiger partial charge in [0.2, 0.25) is 0 Å². The maximum absolute atomic E-state index is 11.7. The zero-order chi connectivity index (χ0) is 14.8. The van der Waals surface area contributed by atoms with Gasteiger partial charge in [0.05, 0.1) is 31.2 Å². The van der Waals surface area contributed by atoms with Crippen LogP contribution >= 0.6 is 0 Å². The molecule has 6 heteroatoms. The molecule has 1 aromatic rings. The van der Waals surface area contributed by atoms with Crippen molar-refractivity contribution in [3.8, 4) is 0 Å². The van der Waals surface area contributed by atoms with Gasteiger partial charge in [-0.25, -0.2) is 0 Å². The van der Waals surface area contributed by atoms with Gasteiger partial charge in [-0.15, -0.1) is 0 Å². The Morgan fingerprint density at radius 2 is 2.10 bits per heavy atom. The normalized spacial score (nSPS) is 10.3. The summed E-state index contributed by atoms with van der Waals surface area (Å²) in [6.07, 6.45) is 0. The fourth-order valence-electron chi connectivity index (χ4n) is 1.63. The molecule has 0 aromatic heterocycles. The van der Waals surface area contributed by atoms with E-state index < -0.39 is 0 Å². The highest BCUT2D eigenvalue weighted by molar-refractivity contribution is 5.96. The van der Waals surface area contributed by atoms with Crippen molar-refractivity contribution in [1.29, 1.82) is 0 Å². The molecule has 0 heterocycles. The van der Waals surface area contributed by atoms with Crippen molar-refractivity contribution >= 4 is 17.3 Å². The van der Waals surface area contributed by atoms with Gasteiger partial charge in [0.1, 0.15) is 0 Å². The number of hydrogen-bond donors (Lipinski definition) is 3. The minimum absolute atomic E-state index is 0.117. The molecule has 0 radical (unpaired) electrons. The van der Waals surface area contributed by atoms with E-state index >= 15 is 0 Å². The molecule has 1 amide bonds. The lowest BCUT2D eigenvalue weighted by Crippen LogP contribution is -2.22. The van der Waals surface area contributed by atoms with E-state index in [0.29, 0.717) is 44.2 Å². The summed E-state index contributed by atoms with van der Waals surface area (Å²) in [4.78, 5) is 11.7. The number of carbonyl (C=O) groups excluding carboxylic acids is 1. The average molecular weight is 281 g/mol. The van der Waals surface area contributed by atoms with E-state index in [1.165, 1.54) is 0 Å². The maximum atomic E-state index is 11.7. The van der Waals surface area contributed by atoms with Gasteiger partial charge < -0.3 is 25.8 Å². The fraction of sp³-hybridized carbons (Fsp3) is 0.500. The standard InChI is InChI=1S/C14H23N3O3/c1-3-16-14(18)11-4-5-13(12(15)10-11)17-6-7-20-9-8-19-2/h4-5,10,17H,3,6-9,15H2,1-2H3,(H,16,18). The smallest absolute Gasteiger partial charge is 0.251 e. The van der Waals surface area contributed by atoms with Gasteiger partial charge in [0.15, 0.2) is 0 Å². The summed E-state index contributed by atoms with van der Waals surface area (Å²) in [5.74, 6) is -0.117. The van der Waals surface area contributed by atoms with Gasteiger partial charge in [-0.2, -0.15) is 0 Å². The van der Waals surface area contributed by atoms with Gasteiger partial charge in [-0.1, -0.05) is 0 Å². The Bertz CT molecular complexity index is 424. The quantitative estimate of drug-likeness (QED) is 0.466. The van der Waals surface area contributed by atoms with Gasteiger partial charge in [0.25, 0.3) is 5.91 Å². The monoisotopic (exact) mass is 281 g/mol. The first-order chi connectivity index (χ1) is 9.69. The van der Waals surface area contributed by atoms with Crippen molar-refractivity contribution in [2.45, 2.75) is 6.92 Å². The van der Waals surface area contributed by atoms with Gasteiger partial charge in [-0.05, 0) is 25.1 Å². The summed E-state index contributed by atoms with van der Waals surface area (Å²) in [6.45, 7) is 4.85. The molecule has 112 valence electrons. The molecule has 0 aliphatic heterocycles. The largest absolute Gasteiger partial charge is 0.397 e. The molecule has 0 unspecified atom stereocenters. The molecule has 20 heavy (non-hydrogen) atoms. The molecule has 6 nitrogen and oxygen atoms in total. The summed E-state index contributed by atoms with van der Waals surface area (Å²) in [6, 6.07) is 5.21. The third-order valence-corrected chi connectivity index (χ3v) is 2.64. The van der Waals surface area contributed by atoms with Crippen LogP contribution < -0.4 is 16.4 Å². The number of hydrogen-bond acceptors (Lipinski definition) is 5. The molecular weight excluding hydrogens is 258 g/mol. The lowest BCUT2D eigenvalue weighted by molar-refractivity contribution is 0.0759. The SMILES string of the molecule is CCNC(=O)c1ccc(NCCOCCOC)c(N)c1. The Morgan fingerprint density at radius 1 is 1.30 bits per heavy atom. The number of nitrogen functional groups attached to an aromatic ring is 1. The van der Waals surface area contributed by atoms with Crippen molar-refractivity contribution in [3.05, 3.63) is 23.8 Å². The van der Waals surface area contributed by atoms with Crippen LogP contribution in [0.2, 0.25) is 0 Å². The van der Waals surface area contributed by atoms with Gasteiger partial charge >= 0.3 is 0 Å². The Morgan fingerprint density at radius 3 is 2.75 bits per heavy atom. The number of nitrogens with two attached hydrogens (primary N) is 1. The molecule has 0 fully saturated rings. The van der Waals surface area contributed by atoms with E-state index in [9.17, 15) is 4.79 Å². The topological polar surface area (TPSA) is 85.6 Å². The first kappa shape index (κ1) is 16.3. The summed E-state index contributed by atoms with van der Waals surface area (Å²) in [7, 11) is 1.64. The summed E-state index contributed by atoms with van der Waals surface area (Å²) in [5, 5.41) is 5.90. The highest BCUT2D eigenvalue weighted by Crippen LogP contribution is 2.19. The molecule has 0 atom stereocenters. The van der Waals surface area contributed by atoms with E-state index in [1.807, 2.05) is 6.92 Å². The molecule has 0 saturated carbocycles. The molecule has 0 spiro atoms. The highest BCUT2D eigenvalue weighted by Gasteiger charge is 2.06. The van der Waals surface area contributed by atoms with Crippen LogP contribution in [0.4, 0.5) is 11.4 Å². The van der Waals surface area contributed by atoms with Crippen molar-refractivity contribution in [2.75, 3.05) is 51.1 Å². The molecule has 0 aliphatic rings.